The van der Waals surface area contributed by atoms with E-state index in [1.165, 1.54) is 11.8 Å². The number of benzene rings is 4. The van der Waals surface area contributed by atoms with E-state index in [1.54, 1.807) is 42.1 Å². The Labute approximate surface area is 285 Å². The molecule has 0 fully saturated rings. The standard InChI is InChI=1S/C34H28Cl3N5O3S/c1-20-30(32(43)39-28-12-5-6-13-29(28)44-2)31(21-14-16-23(17-15-21)45-18-24-26(36)10-7-11-27(24)37)42-33(38-20)40-34(41-42)46-19-22-8-3-4-9-25(22)35/h3-17,31H,18-19H2,1-2H3,(H,39,43)(H,38,40,41). The fourth-order valence-corrected chi connectivity index (χ4v) is 6.68. The molecule has 0 bridgehead atoms. The molecule has 2 N–H and O–H groups in total. The molecule has 1 unspecified atom stereocenters. The van der Waals surface area contributed by atoms with Crippen molar-refractivity contribution in [1.82, 2.24) is 14.8 Å². The number of hydrogen-bond acceptors (Lipinski definition) is 7. The van der Waals surface area contributed by atoms with Gasteiger partial charge in [-0.25, -0.2) is 4.68 Å². The predicted molar refractivity (Wildman–Crippen MR) is 184 cm³/mol. The van der Waals surface area contributed by atoms with E-state index in [0.29, 0.717) is 65.9 Å². The number of nitrogens with one attached hydrogen (secondary N) is 2. The molecule has 0 spiro atoms. The number of hydrogen-bond donors (Lipinski definition) is 2. The van der Waals surface area contributed by atoms with Crippen molar-refractivity contribution in [3.63, 3.8) is 0 Å². The van der Waals surface area contributed by atoms with Crippen molar-refractivity contribution < 1.29 is 14.3 Å². The lowest BCUT2D eigenvalue weighted by Gasteiger charge is -2.29. The molecular formula is C34H28Cl3N5O3S. The van der Waals surface area contributed by atoms with E-state index in [0.717, 1.165) is 11.1 Å². The Morgan fingerprint density at radius 3 is 2.37 bits per heavy atom. The topological polar surface area (TPSA) is 90.3 Å². The number of allylic oxidation sites excluding steroid dienone is 1. The summed E-state index contributed by atoms with van der Waals surface area (Å²) < 4.78 is 13.2. The van der Waals surface area contributed by atoms with Crippen LogP contribution in [0.15, 0.2) is 107 Å². The van der Waals surface area contributed by atoms with Crippen molar-refractivity contribution in [2.45, 2.75) is 30.5 Å². The van der Waals surface area contributed by atoms with Crippen molar-refractivity contribution in [2.75, 3.05) is 17.7 Å². The monoisotopic (exact) mass is 691 g/mol. The smallest absolute Gasteiger partial charge is 0.255 e. The van der Waals surface area contributed by atoms with Gasteiger partial charge in [0.2, 0.25) is 11.1 Å². The molecule has 0 saturated carbocycles. The first-order chi connectivity index (χ1) is 22.3. The lowest BCUT2D eigenvalue weighted by Crippen LogP contribution is -2.31. The molecule has 1 amide bonds. The first kappa shape index (κ1) is 31.8. The summed E-state index contributed by atoms with van der Waals surface area (Å²) in [6.07, 6.45) is 0. The van der Waals surface area contributed by atoms with Crippen molar-refractivity contribution in [3.8, 4) is 11.5 Å². The second-order valence-electron chi connectivity index (χ2n) is 10.3. The Kier molecular flexibility index (Phi) is 9.75. The zero-order valence-electron chi connectivity index (χ0n) is 24.8. The highest BCUT2D eigenvalue weighted by atomic mass is 35.5. The SMILES string of the molecule is COc1ccccc1NC(=O)C1=C(C)Nc2nc(SCc3ccccc3Cl)nn2C1c1ccc(OCc2c(Cl)cccc2Cl)cc1. The average Bonchev–Trinajstić information content (AvgIpc) is 3.46. The number of amides is 1. The summed E-state index contributed by atoms with van der Waals surface area (Å²) in [6, 6.07) is 27.2. The fourth-order valence-electron chi connectivity index (χ4n) is 5.06. The molecule has 8 nitrogen and oxygen atoms in total. The van der Waals surface area contributed by atoms with E-state index in [1.807, 2.05) is 67.6 Å². The molecular weight excluding hydrogens is 665 g/mol. The van der Waals surface area contributed by atoms with Gasteiger partial charge in [0.25, 0.3) is 5.91 Å². The van der Waals surface area contributed by atoms with Crippen LogP contribution in [-0.2, 0) is 17.2 Å². The second kappa shape index (κ2) is 14.1. The maximum absolute atomic E-state index is 14.0. The minimum atomic E-state index is -0.597. The third-order valence-corrected chi connectivity index (χ3v) is 9.35. The molecule has 1 atom stereocenters. The number of para-hydroxylation sites is 2. The first-order valence-corrected chi connectivity index (χ1v) is 16.3. The van der Waals surface area contributed by atoms with E-state index in [2.05, 4.69) is 10.6 Å². The van der Waals surface area contributed by atoms with Gasteiger partial charge in [-0.15, -0.1) is 5.10 Å². The van der Waals surface area contributed by atoms with Crippen LogP contribution in [0.3, 0.4) is 0 Å². The molecule has 6 rings (SSSR count). The summed E-state index contributed by atoms with van der Waals surface area (Å²) in [5.41, 5.74) is 4.16. The third kappa shape index (κ3) is 6.83. The van der Waals surface area contributed by atoms with E-state index in [9.17, 15) is 4.79 Å². The van der Waals surface area contributed by atoms with E-state index < -0.39 is 6.04 Å². The Morgan fingerprint density at radius 2 is 1.63 bits per heavy atom. The number of rotatable bonds is 10. The lowest BCUT2D eigenvalue weighted by atomic mass is 9.95. The van der Waals surface area contributed by atoms with Gasteiger partial charge in [-0.05, 0) is 60.5 Å². The van der Waals surface area contributed by atoms with Crippen molar-refractivity contribution >= 4 is 64.1 Å². The number of methoxy groups -OCH3 is 1. The number of nitrogens with zero attached hydrogens (tertiary/aromatic N) is 3. The molecule has 12 heteroatoms. The molecule has 0 radical (unpaired) electrons. The molecule has 5 aromatic rings. The van der Waals surface area contributed by atoms with Gasteiger partial charge >= 0.3 is 0 Å². The summed E-state index contributed by atoms with van der Waals surface area (Å²) in [4.78, 5) is 18.7. The maximum atomic E-state index is 14.0. The maximum Gasteiger partial charge on any atom is 0.255 e. The first-order valence-electron chi connectivity index (χ1n) is 14.2. The van der Waals surface area contributed by atoms with E-state index in [4.69, 9.17) is 54.4 Å². The summed E-state index contributed by atoms with van der Waals surface area (Å²) in [7, 11) is 1.56. The minimum Gasteiger partial charge on any atom is -0.495 e. The quantitative estimate of drug-likeness (QED) is 0.141. The summed E-state index contributed by atoms with van der Waals surface area (Å²) in [6.45, 7) is 2.06. The van der Waals surface area contributed by atoms with Crippen LogP contribution in [0, 0.1) is 0 Å². The average molecular weight is 693 g/mol. The van der Waals surface area contributed by atoms with Crippen LogP contribution in [0.4, 0.5) is 11.6 Å². The molecule has 4 aromatic carbocycles. The molecule has 234 valence electrons. The molecule has 46 heavy (non-hydrogen) atoms. The Hall–Kier alpha value is -4.15. The number of halogens is 3. The van der Waals surface area contributed by atoms with Crippen LogP contribution in [0.5, 0.6) is 11.5 Å². The third-order valence-electron chi connectivity index (χ3n) is 7.39. The molecule has 1 aliphatic rings. The highest BCUT2D eigenvalue weighted by Gasteiger charge is 2.35. The highest BCUT2D eigenvalue weighted by Crippen LogP contribution is 2.38. The van der Waals surface area contributed by atoms with Gasteiger partial charge in [-0.2, -0.15) is 4.98 Å². The number of ether oxygens (including phenoxy) is 2. The zero-order valence-corrected chi connectivity index (χ0v) is 27.8. The van der Waals surface area contributed by atoms with Crippen LogP contribution < -0.4 is 20.1 Å². The van der Waals surface area contributed by atoms with Gasteiger partial charge in [0.05, 0.1) is 18.4 Å². The van der Waals surface area contributed by atoms with Crippen LogP contribution in [0.1, 0.15) is 29.7 Å². The van der Waals surface area contributed by atoms with Crippen LogP contribution >= 0.6 is 46.6 Å². The van der Waals surface area contributed by atoms with Gasteiger partial charge in [0.15, 0.2) is 0 Å². The number of aromatic nitrogens is 3. The van der Waals surface area contributed by atoms with Crippen molar-refractivity contribution in [3.05, 3.63) is 134 Å². The Morgan fingerprint density at radius 1 is 0.935 bits per heavy atom. The van der Waals surface area contributed by atoms with Crippen molar-refractivity contribution in [2.24, 2.45) is 0 Å². The van der Waals surface area contributed by atoms with Gasteiger partial charge in [-0.1, -0.05) is 95.1 Å². The summed E-state index contributed by atoms with van der Waals surface area (Å²) in [5, 5.41) is 13.4. The number of thioether (sulfide) groups is 1. The Bertz CT molecular complexity index is 1910. The second-order valence-corrected chi connectivity index (χ2v) is 12.5. The largest absolute Gasteiger partial charge is 0.495 e. The van der Waals surface area contributed by atoms with Crippen LogP contribution in [0.2, 0.25) is 15.1 Å². The highest BCUT2D eigenvalue weighted by molar-refractivity contribution is 7.98. The normalized spacial score (nSPS) is 14.0. The van der Waals surface area contributed by atoms with Gasteiger partial charge < -0.3 is 20.1 Å². The number of anilines is 2. The van der Waals surface area contributed by atoms with E-state index >= 15 is 0 Å². The van der Waals surface area contributed by atoms with E-state index in [-0.39, 0.29) is 12.5 Å². The Balaban J connectivity index is 1.31. The summed E-state index contributed by atoms with van der Waals surface area (Å²) in [5.74, 6) is 1.97. The summed E-state index contributed by atoms with van der Waals surface area (Å²) >= 11 is 20.5. The predicted octanol–water partition coefficient (Wildman–Crippen LogP) is 9.05. The number of carbonyl (C=O) groups excluding carboxylic acids is 1. The molecule has 0 saturated heterocycles. The van der Waals surface area contributed by atoms with Gasteiger partial charge in [0.1, 0.15) is 24.1 Å². The fraction of sp³-hybridized carbons (Fsp3) is 0.147. The molecule has 2 heterocycles. The lowest BCUT2D eigenvalue weighted by molar-refractivity contribution is -0.113. The molecule has 1 aromatic heterocycles. The molecule has 1 aliphatic heterocycles. The van der Waals surface area contributed by atoms with Crippen LogP contribution in [-0.4, -0.2) is 27.8 Å². The minimum absolute atomic E-state index is 0.204. The zero-order chi connectivity index (χ0) is 32.2. The molecule has 0 aliphatic carbocycles. The number of carbonyl (C=O) groups is 1. The number of fused-ring (bicyclic) bond motifs is 1. The van der Waals surface area contributed by atoms with Crippen molar-refractivity contribution in [1.29, 1.82) is 0 Å². The van der Waals surface area contributed by atoms with Gasteiger partial charge in [-0.3, -0.25) is 4.79 Å². The van der Waals surface area contributed by atoms with Gasteiger partial charge in [0, 0.05) is 32.1 Å². The van der Waals surface area contributed by atoms with Crippen LogP contribution in [0.25, 0.3) is 0 Å².